The molecule has 2 unspecified atom stereocenters. The molecule has 0 aromatic rings. The summed E-state index contributed by atoms with van der Waals surface area (Å²) in [5.41, 5.74) is 0. The summed E-state index contributed by atoms with van der Waals surface area (Å²) < 4.78 is 50.6. The van der Waals surface area contributed by atoms with E-state index >= 15 is 0 Å². The Morgan fingerprint density at radius 3 is 2.33 bits per heavy atom. The van der Waals surface area contributed by atoms with Gasteiger partial charge in [-0.15, -0.1) is 0 Å². The minimum absolute atomic E-state index is 1.16. The van der Waals surface area contributed by atoms with Crippen LogP contribution in [0.15, 0.2) is 0 Å². The van der Waals surface area contributed by atoms with Gasteiger partial charge in [0.1, 0.15) is 6.10 Å². The van der Waals surface area contributed by atoms with Crippen LogP contribution in [0.2, 0.25) is 0 Å². The minimum Gasteiger partial charge on any atom is -0.330 e. The molecule has 70 valence electrons. The molecule has 12 heavy (non-hydrogen) atoms. The first-order valence-electron chi connectivity index (χ1n) is 3.11. The summed E-state index contributed by atoms with van der Waals surface area (Å²) in [6, 6.07) is 1.45. The van der Waals surface area contributed by atoms with Gasteiger partial charge >= 0.3 is 6.18 Å². The Morgan fingerprint density at radius 1 is 1.50 bits per heavy atom. The Hall–Kier alpha value is -0.830. The van der Waals surface area contributed by atoms with Gasteiger partial charge in [0.2, 0.25) is 6.36 Å². The summed E-state index contributed by atoms with van der Waals surface area (Å²) >= 11 is 0. The van der Waals surface area contributed by atoms with Crippen LogP contribution in [0.4, 0.5) is 17.6 Å². The zero-order valence-electron chi connectivity index (χ0n) is 6.23. The quantitative estimate of drug-likeness (QED) is 0.631. The average molecular weight is 185 g/mol. The third-order valence-corrected chi connectivity index (χ3v) is 0.926. The molecule has 6 heteroatoms. The molecule has 0 heterocycles. The second kappa shape index (κ2) is 4.26. The molecule has 0 fully saturated rings. The molecule has 0 saturated heterocycles. The lowest BCUT2D eigenvalue weighted by molar-refractivity contribution is -0.187. The summed E-state index contributed by atoms with van der Waals surface area (Å²) in [4.78, 5) is 0. The van der Waals surface area contributed by atoms with Crippen LogP contribution in [0.25, 0.3) is 0 Å². The molecule has 2 atom stereocenters. The highest BCUT2D eigenvalue weighted by Gasteiger charge is 2.33. The standard InChI is InChI=1S/C6H7F4NO/c1-4(3-11)12-5(7)2-6(8,9)10/h4-5H,2H2,1H3. The van der Waals surface area contributed by atoms with Crippen molar-refractivity contribution in [1.82, 2.24) is 0 Å². The maximum Gasteiger partial charge on any atom is 0.394 e. The Morgan fingerprint density at radius 2 is 2.00 bits per heavy atom. The molecule has 0 amide bonds. The zero-order chi connectivity index (χ0) is 9.78. The van der Waals surface area contributed by atoms with Gasteiger partial charge in [-0.3, -0.25) is 0 Å². The predicted octanol–water partition coefficient (Wildman–Crippen LogP) is 2.16. The van der Waals surface area contributed by atoms with E-state index < -0.39 is 25.1 Å². The summed E-state index contributed by atoms with van der Waals surface area (Å²) in [7, 11) is 0. The van der Waals surface area contributed by atoms with Crippen LogP contribution in [0.5, 0.6) is 0 Å². The molecule has 0 aliphatic heterocycles. The molecule has 0 spiro atoms. The van der Waals surface area contributed by atoms with Crippen molar-refractivity contribution in [1.29, 1.82) is 5.26 Å². The van der Waals surface area contributed by atoms with Gasteiger partial charge in [-0.05, 0) is 6.92 Å². The number of alkyl halides is 4. The monoisotopic (exact) mass is 185 g/mol. The lowest BCUT2D eigenvalue weighted by Crippen LogP contribution is -2.21. The third-order valence-electron chi connectivity index (χ3n) is 0.926. The highest BCUT2D eigenvalue weighted by Crippen LogP contribution is 2.23. The van der Waals surface area contributed by atoms with Gasteiger partial charge in [-0.1, -0.05) is 0 Å². The fraction of sp³-hybridized carbons (Fsp3) is 0.833. The molecule has 0 rings (SSSR count). The summed E-state index contributed by atoms with van der Waals surface area (Å²) in [6.45, 7) is 1.17. The average Bonchev–Trinajstić information content (AvgIpc) is 1.82. The summed E-state index contributed by atoms with van der Waals surface area (Å²) in [5, 5.41) is 8.06. The van der Waals surface area contributed by atoms with E-state index in [1.807, 2.05) is 0 Å². The molecule has 2 nitrogen and oxygen atoms in total. The Balaban J connectivity index is 3.76. The van der Waals surface area contributed by atoms with E-state index in [1.54, 1.807) is 0 Å². The van der Waals surface area contributed by atoms with Gasteiger partial charge in [0.05, 0.1) is 12.5 Å². The molecule has 0 aromatic heterocycles. The molecule has 0 saturated carbocycles. The second-order valence-corrected chi connectivity index (χ2v) is 2.14. The highest BCUT2D eigenvalue weighted by atomic mass is 19.4. The van der Waals surface area contributed by atoms with Crippen LogP contribution in [-0.4, -0.2) is 18.6 Å². The largest absolute Gasteiger partial charge is 0.394 e. The number of ether oxygens (including phenoxy) is 1. The first-order valence-corrected chi connectivity index (χ1v) is 3.11. The Kier molecular flexibility index (Phi) is 3.96. The number of halogens is 4. The zero-order valence-corrected chi connectivity index (χ0v) is 6.23. The van der Waals surface area contributed by atoms with Crippen LogP contribution in [0, 0.1) is 11.3 Å². The van der Waals surface area contributed by atoms with Gasteiger partial charge in [-0.25, -0.2) is 4.39 Å². The van der Waals surface area contributed by atoms with Crippen molar-refractivity contribution >= 4 is 0 Å². The van der Waals surface area contributed by atoms with Crippen LogP contribution in [0.3, 0.4) is 0 Å². The maximum absolute atomic E-state index is 12.2. The van der Waals surface area contributed by atoms with Gasteiger partial charge in [0.15, 0.2) is 0 Å². The first-order chi connectivity index (χ1) is 5.35. The van der Waals surface area contributed by atoms with Crippen molar-refractivity contribution in [3.63, 3.8) is 0 Å². The van der Waals surface area contributed by atoms with Crippen molar-refractivity contribution in [2.24, 2.45) is 0 Å². The van der Waals surface area contributed by atoms with Crippen LogP contribution >= 0.6 is 0 Å². The number of hydrogen-bond acceptors (Lipinski definition) is 2. The van der Waals surface area contributed by atoms with Gasteiger partial charge < -0.3 is 4.74 Å². The summed E-state index contributed by atoms with van der Waals surface area (Å²) in [5.74, 6) is 0. The van der Waals surface area contributed by atoms with Gasteiger partial charge in [0.25, 0.3) is 0 Å². The number of hydrogen-bond donors (Lipinski definition) is 0. The number of nitriles is 1. The van der Waals surface area contributed by atoms with Crippen molar-refractivity contribution < 1.29 is 22.3 Å². The van der Waals surface area contributed by atoms with Gasteiger partial charge in [-0.2, -0.15) is 18.4 Å². The molecule has 0 aliphatic rings. The normalized spacial score (nSPS) is 16.7. The van der Waals surface area contributed by atoms with E-state index in [1.165, 1.54) is 13.0 Å². The molecule has 0 aromatic carbocycles. The first kappa shape index (κ1) is 11.2. The molecular formula is C6H7F4NO. The van der Waals surface area contributed by atoms with Crippen molar-refractivity contribution in [3.05, 3.63) is 0 Å². The second-order valence-electron chi connectivity index (χ2n) is 2.14. The van der Waals surface area contributed by atoms with E-state index in [0.29, 0.717) is 0 Å². The van der Waals surface area contributed by atoms with E-state index in [4.69, 9.17) is 5.26 Å². The Labute approximate surface area is 66.7 Å². The molecule has 0 radical (unpaired) electrons. The fourth-order valence-corrected chi connectivity index (χ4v) is 0.482. The molecular weight excluding hydrogens is 178 g/mol. The van der Waals surface area contributed by atoms with E-state index in [9.17, 15) is 17.6 Å². The summed E-state index contributed by atoms with van der Waals surface area (Å²) in [6.07, 6.45) is -9.91. The molecule has 0 N–H and O–H groups in total. The third kappa shape index (κ3) is 5.92. The van der Waals surface area contributed by atoms with E-state index in [0.717, 1.165) is 0 Å². The Bertz CT molecular complexity index is 173. The highest BCUT2D eigenvalue weighted by molar-refractivity contribution is 4.79. The predicted molar refractivity (Wildman–Crippen MR) is 31.7 cm³/mol. The van der Waals surface area contributed by atoms with Crippen LogP contribution in [0.1, 0.15) is 13.3 Å². The number of rotatable bonds is 3. The molecule has 0 aliphatic carbocycles. The lowest BCUT2D eigenvalue weighted by atomic mass is 10.4. The van der Waals surface area contributed by atoms with E-state index in [2.05, 4.69) is 4.74 Å². The topological polar surface area (TPSA) is 33.0 Å². The minimum atomic E-state index is -4.60. The van der Waals surface area contributed by atoms with Crippen molar-refractivity contribution in [2.75, 3.05) is 0 Å². The van der Waals surface area contributed by atoms with E-state index in [-0.39, 0.29) is 0 Å². The number of nitrogens with zero attached hydrogens (tertiary/aromatic N) is 1. The van der Waals surface area contributed by atoms with Crippen LogP contribution in [-0.2, 0) is 4.74 Å². The maximum atomic E-state index is 12.2. The molecule has 0 bridgehead atoms. The smallest absolute Gasteiger partial charge is 0.330 e. The lowest BCUT2D eigenvalue weighted by Gasteiger charge is -2.12. The fourth-order valence-electron chi connectivity index (χ4n) is 0.482. The van der Waals surface area contributed by atoms with Crippen LogP contribution < -0.4 is 0 Å². The van der Waals surface area contributed by atoms with Crippen molar-refractivity contribution in [2.45, 2.75) is 32.0 Å². The SMILES string of the molecule is CC(C#N)OC(F)CC(F)(F)F. The van der Waals surface area contributed by atoms with Gasteiger partial charge in [0, 0.05) is 0 Å². The van der Waals surface area contributed by atoms with Crippen molar-refractivity contribution in [3.8, 4) is 6.07 Å².